The van der Waals surface area contributed by atoms with Crippen molar-refractivity contribution in [1.29, 1.82) is 0 Å². The van der Waals surface area contributed by atoms with E-state index in [0.29, 0.717) is 42.4 Å². The molecule has 0 N–H and O–H groups in total. The maximum Gasteiger partial charge on any atom is 0.150 e. The second-order valence-electron chi connectivity index (χ2n) is 11.5. The molecule has 6 nitrogen and oxygen atoms in total. The number of aromatic nitrogens is 3. The van der Waals surface area contributed by atoms with Crippen molar-refractivity contribution in [3.05, 3.63) is 47.0 Å². The van der Waals surface area contributed by atoms with Crippen molar-refractivity contribution in [2.75, 3.05) is 18.1 Å². The lowest BCUT2D eigenvalue weighted by Gasteiger charge is -2.41. The molecule has 4 heterocycles. The van der Waals surface area contributed by atoms with Crippen molar-refractivity contribution in [3.63, 3.8) is 0 Å². The molecule has 1 aromatic heterocycles. The van der Waals surface area contributed by atoms with Crippen LogP contribution < -0.4 is 0 Å². The van der Waals surface area contributed by atoms with Gasteiger partial charge in [0.05, 0.1) is 11.5 Å². The Morgan fingerprint density at radius 2 is 1.56 bits per heavy atom. The fraction of sp³-hybridized carbons (Fsp3) is 0.704. The van der Waals surface area contributed by atoms with Crippen LogP contribution in [0.4, 0.5) is 8.78 Å². The van der Waals surface area contributed by atoms with Crippen LogP contribution in [0, 0.1) is 24.5 Å². The highest BCUT2D eigenvalue weighted by Gasteiger charge is 2.42. The van der Waals surface area contributed by atoms with Crippen molar-refractivity contribution in [2.45, 2.75) is 95.7 Å². The van der Waals surface area contributed by atoms with Gasteiger partial charge in [0, 0.05) is 30.1 Å². The number of benzene rings is 1. The molecule has 3 aliphatic heterocycles. The lowest BCUT2D eigenvalue weighted by Crippen LogP contribution is -2.44. The summed E-state index contributed by atoms with van der Waals surface area (Å²) in [7, 11) is -3.00. The maximum atomic E-state index is 14.1. The molecule has 0 radical (unpaired) electrons. The molecule has 0 amide bonds. The standard InChI is InChI=1S/C27H38F2N4O2S/c1-17(2)27-31-30-18(3)33(27)25-15-23-4-5-24(16-25)32(23)9-6-26(19-7-10-36(34,35)11-8-19)20-12-21(28)14-22(29)13-20/h12-14,17,19,23-26H,4-11,15-16H2,1-3H3/t23?,24?,25?,26-/m1/s1. The summed E-state index contributed by atoms with van der Waals surface area (Å²) in [6.45, 7) is 7.23. The smallest absolute Gasteiger partial charge is 0.150 e. The van der Waals surface area contributed by atoms with Gasteiger partial charge in [-0.25, -0.2) is 17.2 Å². The molecule has 1 aromatic carbocycles. The van der Waals surface area contributed by atoms with Gasteiger partial charge in [0.15, 0.2) is 0 Å². The lowest BCUT2D eigenvalue weighted by molar-refractivity contribution is 0.0981. The van der Waals surface area contributed by atoms with E-state index in [2.05, 4.69) is 33.5 Å². The molecule has 0 spiro atoms. The first kappa shape index (κ1) is 25.8. The van der Waals surface area contributed by atoms with Crippen LogP contribution in [0.3, 0.4) is 0 Å². The zero-order chi connectivity index (χ0) is 25.6. The first-order valence-electron chi connectivity index (χ1n) is 13.4. The van der Waals surface area contributed by atoms with Crippen LogP contribution in [-0.4, -0.2) is 58.2 Å². The van der Waals surface area contributed by atoms with E-state index in [1.54, 1.807) is 0 Å². The third kappa shape index (κ3) is 5.23. The Morgan fingerprint density at radius 3 is 2.14 bits per heavy atom. The van der Waals surface area contributed by atoms with Crippen molar-refractivity contribution >= 4 is 9.84 Å². The molecule has 9 heteroatoms. The molecule has 198 valence electrons. The van der Waals surface area contributed by atoms with Crippen molar-refractivity contribution < 1.29 is 17.2 Å². The highest BCUT2D eigenvalue weighted by molar-refractivity contribution is 7.91. The molecule has 5 rings (SSSR count). The van der Waals surface area contributed by atoms with Gasteiger partial charge >= 0.3 is 0 Å². The van der Waals surface area contributed by atoms with Crippen LogP contribution in [0.25, 0.3) is 0 Å². The minimum Gasteiger partial charge on any atom is -0.312 e. The number of hydrogen-bond donors (Lipinski definition) is 0. The number of fused-ring (bicyclic) bond motifs is 2. The number of sulfone groups is 1. The summed E-state index contributed by atoms with van der Waals surface area (Å²) < 4.78 is 54.7. The predicted octanol–water partition coefficient (Wildman–Crippen LogP) is 5.15. The molecule has 0 aliphatic carbocycles. The summed E-state index contributed by atoms with van der Waals surface area (Å²) in [5.41, 5.74) is 0.667. The zero-order valence-electron chi connectivity index (χ0n) is 21.5. The number of halogens is 2. The quantitative estimate of drug-likeness (QED) is 0.505. The van der Waals surface area contributed by atoms with E-state index >= 15 is 0 Å². The van der Waals surface area contributed by atoms with Gasteiger partial charge in [0.1, 0.15) is 33.1 Å². The fourth-order valence-corrected chi connectivity index (χ4v) is 8.64. The highest BCUT2D eigenvalue weighted by Crippen LogP contribution is 2.44. The van der Waals surface area contributed by atoms with E-state index in [0.717, 1.165) is 43.5 Å². The van der Waals surface area contributed by atoms with Gasteiger partial charge in [-0.15, -0.1) is 10.2 Å². The topological polar surface area (TPSA) is 68.1 Å². The fourth-order valence-electron chi connectivity index (χ4n) is 7.11. The summed E-state index contributed by atoms with van der Waals surface area (Å²) >= 11 is 0. The molecule has 2 bridgehead atoms. The normalized spacial score (nSPS) is 27.6. The van der Waals surface area contributed by atoms with Gasteiger partial charge in [-0.2, -0.15) is 0 Å². The van der Waals surface area contributed by atoms with Gasteiger partial charge in [0.25, 0.3) is 0 Å². The third-order valence-electron chi connectivity index (χ3n) is 8.81. The zero-order valence-corrected chi connectivity index (χ0v) is 22.4. The van der Waals surface area contributed by atoms with E-state index in [9.17, 15) is 17.2 Å². The molecular weight excluding hydrogens is 482 g/mol. The largest absolute Gasteiger partial charge is 0.312 e. The van der Waals surface area contributed by atoms with Crippen LogP contribution in [0.15, 0.2) is 18.2 Å². The molecule has 36 heavy (non-hydrogen) atoms. The van der Waals surface area contributed by atoms with Gasteiger partial charge in [-0.3, -0.25) is 4.90 Å². The highest BCUT2D eigenvalue weighted by atomic mass is 32.2. The van der Waals surface area contributed by atoms with Crippen LogP contribution in [0.5, 0.6) is 0 Å². The molecule has 3 saturated heterocycles. The first-order chi connectivity index (χ1) is 17.1. The minimum atomic E-state index is -3.00. The Balaban J connectivity index is 1.32. The van der Waals surface area contributed by atoms with Crippen LogP contribution in [-0.2, 0) is 9.84 Å². The second kappa shape index (κ2) is 10.1. The Kier molecular flexibility index (Phi) is 7.24. The Bertz CT molecular complexity index is 1150. The van der Waals surface area contributed by atoms with Crippen LogP contribution in [0.2, 0.25) is 0 Å². The SMILES string of the molecule is Cc1nnc(C(C)C)n1C1CC2CCC(C1)N2CC[C@@H](c1cc(F)cc(F)c1)C1CCS(=O)(=O)CC1. The number of hydrogen-bond acceptors (Lipinski definition) is 5. The Hall–Kier alpha value is -1.87. The van der Waals surface area contributed by atoms with Gasteiger partial charge in [0.2, 0.25) is 0 Å². The predicted molar refractivity (Wildman–Crippen MR) is 136 cm³/mol. The summed E-state index contributed by atoms with van der Waals surface area (Å²) in [6.07, 6.45) is 6.37. The lowest BCUT2D eigenvalue weighted by atomic mass is 9.79. The molecule has 0 saturated carbocycles. The monoisotopic (exact) mass is 520 g/mol. The summed E-state index contributed by atoms with van der Waals surface area (Å²) in [6, 6.07) is 5.16. The van der Waals surface area contributed by atoms with Gasteiger partial charge < -0.3 is 4.57 Å². The number of nitrogens with zero attached hydrogens (tertiary/aromatic N) is 4. The maximum absolute atomic E-state index is 14.1. The summed E-state index contributed by atoms with van der Waals surface area (Å²) in [5.74, 6) is 1.65. The third-order valence-corrected chi connectivity index (χ3v) is 10.5. The number of aryl methyl sites for hydroxylation is 1. The molecule has 2 unspecified atom stereocenters. The van der Waals surface area contributed by atoms with Crippen LogP contribution >= 0.6 is 0 Å². The first-order valence-corrected chi connectivity index (χ1v) is 15.3. The van der Waals surface area contributed by atoms with Crippen molar-refractivity contribution in [3.8, 4) is 0 Å². The van der Waals surface area contributed by atoms with E-state index in [1.165, 1.54) is 25.0 Å². The summed E-state index contributed by atoms with van der Waals surface area (Å²) in [4.78, 5) is 2.62. The van der Waals surface area contributed by atoms with E-state index < -0.39 is 21.5 Å². The number of piperidine rings is 1. The Morgan fingerprint density at radius 1 is 0.944 bits per heavy atom. The molecule has 3 aliphatic rings. The molecule has 3 fully saturated rings. The summed E-state index contributed by atoms with van der Waals surface area (Å²) in [5, 5.41) is 8.81. The second-order valence-corrected chi connectivity index (χ2v) is 13.8. The van der Waals surface area contributed by atoms with E-state index in [4.69, 9.17) is 0 Å². The van der Waals surface area contributed by atoms with E-state index in [1.807, 2.05) is 6.92 Å². The Labute approximate surface area is 213 Å². The minimum absolute atomic E-state index is 0.0459. The molecule has 2 aromatic rings. The van der Waals surface area contributed by atoms with Crippen molar-refractivity contribution in [2.24, 2.45) is 5.92 Å². The van der Waals surface area contributed by atoms with Crippen molar-refractivity contribution in [1.82, 2.24) is 19.7 Å². The number of rotatable bonds is 7. The molecular formula is C27H38F2N4O2S. The van der Waals surface area contributed by atoms with Gasteiger partial charge in [-0.1, -0.05) is 13.8 Å². The molecule has 3 atom stereocenters. The van der Waals surface area contributed by atoms with Gasteiger partial charge in [-0.05, 0) is 87.9 Å². The van der Waals surface area contributed by atoms with Crippen LogP contribution in [0.1, 0.15) is 93.9 Å². The van der Waals surface area contributed by atoms with E-state index in [-0.39, 0.29) is 23.3 Å². The average molecular weight is 521 g/mol. The average Bonchev–Trinajstić information content (AvgIpc) is 3.30.